The molecular formula is C20H16N2O3S. The zero-order valence-electron chi connectivity index (χ0n) is 13.8. The number of hydrogen-bond donors (Lipinski definition) is 1. The third-order valence-electron chi connectivity index (χ3n) is 3.67. The van der Waals surface area contributed by atoms with E-state index in [-0.39, 0.29) is 11.5 Å². The third kappa shape index (κ3) is 4.02. The molecule has 0 saturated carbocycles. The van der Waals surface area contributed by atoms with Crippen molar-refractivity contribution in [2.45, 2.75) is 4.90 Å². The zero-order chi connectivity index (χ0) is 18.4. The first-order valence-corrected chi connectivity index (χ1v) is 9.35. The van der Waals surface area contributed by atoms with Gasteiger partial charge in [-0.2, -0.15) is 5.26 Å². The van der Waals surface area contributed by atoms with Crippen molar-refractivity contribution in [2.75, 3.05) is 11.3 Å². The first kappa shape index (κ1) is 17.5. The van der Waals surface area contributed by atoms with Gasteiger partial charge in [0, 0.05) is 11.3 Å². The lowest BCUT2D eigenvalue weighted by molar-refractivity contribution is 0.368. The fourth-order valence-corrected chi connectivity index (χ4v) is 3.79. The molecule has 0 aliphatic heterocycles. The molecule has 0 amide bonds. The molecule has 0 saturated heterocycles. The van der Waals surface area contributed by atoms with E-state index in [0.717, 1.165) is 5.56 Å². The summed E-state index contributed by atoms with van der Waals surface area (Å²) in [5.74, 6) is 0.499. The van der Waals surface area contributed by atoms with Crippen molar-refractivity contribution in [3.05, 3.63) is 78.9 Å². The molecular weight excluding hydrogens is 348 g/mol. The number of nitriles is 1. The van der Waals surface area contributed by atoms with Crippen LogP contribution in [0.1, 0.15) is 0 Å². The van der Waals surface area contributed by atoms with Gasteiger partial charge in [-0.3, -0.25) is 4.72 Å². The van der Waals surface area contributed by atoms with Crippen molar-refractivity contribution in [2.24, 2.45) is 0 Å². The SMILES string of the molecule is N#CCOc1ccc(NS(=O)(=O)c2ccccc2-c2ccccc2)cc1. The van der Waals surface area contributed by atoms with Crippen molar-refractivity contribution in [1.82, 2.24) is 0 Å². The van der Waals surface area contributed by atoms with Crippen LogP contribution >= 0.6 is 0 Å². The Morgan fingerprint density at radius 1 is 0.885 bits per heavy atom. The van der Waals surface area contributed by atoms with Crippen molar-refractivity contribution in [3.8, 4) is 22.9 Å². The van der Waals surface area contributed by atoms with Crippen LogP contribution in [0.2, 0.25) is 0 Å². The molecule has 3 rings (SSSR count). The molecule has 3 aromatic carbocycles. The van der Waals surface area contributed by atoms with Crippen molar-refractivity contribution < 1.29 is 13.2 Å². The normalized spacial score (nSPS) is 10.7. The van der Waals surface area contributed by atoms with Crippen LogP contribution in [-0.4, -0.2) is 15.0 Å². The lowest BCUT2D eigenvalue weighted by Gasteiger charge is -2.13. The molecule has 0 atom stereocenters. The zero-order valence-corrected chi connectivity index (χ0v) is 14.6. The highest BCUT2D eigenvalue weighted by atomic mass is 32.2. The maximum absolute atomic E-state index is 12.9. The Bertz CT molecular complexity index is 1020. The van der Waals surface area contributed by atoms with E-state index in [1.165, 1.54) is 0 Å². The molecule has 0 bridgehead atoms. The summed E-state index contributed by atoms with van der Waals surface area (Å²) in [5, 5.41) is 8.51. The van der Waals surface area contributed by atoms with Gasteiger partial charge < -0.3 is 4.74 Å². The van der Waals surface area contributed by atoms with Gasteiger partial charge in [0.15, 0.2) is 6.61 Å². The van der Waals surface area contributed by atoms with Crippen LogP contribution in [0, 0.1) is 11.3 Å². The summed E-state index contributed by atoms with van der Waals surface area (Å²) in [6.07, 6.45) is 0. The quantitative estimate of drug-likeness (QED) is 0.715. The highest BCUT2D eigenvalue weighted by molar-refractivity contribution is 7.92. The lowest BCUT2D eigenvalue weighted by Crippen LogP contribution is -2.14. The summed E-state index contributed by atoms with van der Waals surface area (Å²) in [7, 11) is -3.77. The van der Waals surface area contributed by atoms with Crippen LogP contribution < -0.4 is 9.46 Å². The summed E-state index contributed by atoms with van der Waals surface area (Å²) in [5.41, 5.74) is 1.88. The van der Waals surface area contributed by atoms with Crippen LogP contribution in [0.4, 0.5) is 5.69 Å². The van der Waals surface area contributed by atoms with Gasteiger partial charge in [0.2, 0.25) is 0 Å². The van der Waals surface area contributed by atoms with Crippen LogP contribution in [0.5, 0.6) is 5.75 Å². The van der Waals surface area contributed by atoms with Gasteiger partial charge in [-0.15, -0.1) is 0 Å². The van der Waals surface area contributed by atoms with E-state index in [1.54, 1.807) is 42.5 Å². The molecule has 6 heteroatoms. The van der Waals surface area contributed by atoms with E-state index in [2.05, 4.69) is 4.72 Å². The Hall–Kier alpha value is -3.30. The monoisotopic (exact) mass is 364 g/mol. The summed E-state index contributed by atoms with van der Waals surface area (Å²) < 4.78 is 33.5. The van der Waals surface area contributed by atoms with E-state index in [0.29, 0.717) is 17.0 Å². The predicted molar refractivity (Wildman–Crippen MR) is 100 cm³/mol. The van der Waals surface area contributed by atoms with Gasteiger partial charge in [0.1, 0.15) is 11.8 Å². The van der Waals surface area contributed by atoms with Crippen LogP contribution in [0.25, 0.3) is 11.1 Å². The number of rotatable bonds is 6. The highest BCUT2D eigenvalue weighted by Gasteiger charge is 2.19. The molecule has 0 unspecified atom stereocenters. The third-order valence-corrected chi connectivity index (χ3v) is 5.11. The first-order valence-electron chi connectivity index (χ1n) is 7.87. The lowest BCUT2D eigenvalue weighted by atomic mass is 10.1. The van der Waals surface area contributed by atoms with Gasteiger partial charge in [0.25, 0.3) is 10.0 Å². The standard InChI is InChI=1S/C20H16N2O3S/c21-14-15-25-18-12-10-17(11-13-18)22-26(23,24)20-9-5-4-8-19(20)16-6-2-1-3-7-16/h1-13,22H,15H2. The number of nitrogens with zero attached hydrogens (tertiary/aromatic N) is 1. The second-order valence-electron chi connectivity index (χ2n) is 5.44. The maximum Gasteiger partial charge on any atom is 0.262 e. The molecule has 130 valence electrons. The van der Waals surface area contributed by atoms with E-state index in [4.69, 9.17) is 10.00 Å². The molecule has 0 aromatic heterocycles. The average Bonchev–Trinajstić information content (AvgIpc) is 2.68. The summed E-state index contributed by atoms with van der Waals surface area (Å²) in [6, 6.07) is 24.5. The number of anilines is 1. The average molecular weight is 364 g/mol. The van der Waals surface area contributed by atoms with Crippen LogP contribution in [0.15, 0.2) is 83.8 Å². The number of nitrogens with one attached hydrogen (secondary N) is 1. The minimum atomic E-state index is -3.77. The van der Waals surface area contributed by atoms with E-state index in [9.17, 15) is 8.42 Å². The largest absolute Gasteiger partial charge is 0.479 e. The van der Waals surface area contributed by atoms with Gasteiger partial charge in [-0.05, 0) is 35.9 Å². The fourth-order valence-electron chi connectivity index (χ4n) is 2.50. The Balaban J connectivity index is 1.89. The van der Waals surface area contributed by atoms with Gasteiger partial charge in [0.05, 0.1) is 4.90 Å². The van der Waals surface area contributed by atoms with Crippen molar-refractivity contribution in [3.63, 3.8) is 0 Å². The maximum atomic E-state index is 12.9. The van der Waals surface area contributed by atoms with E-state index >= 15 is 0 Å². The number of ether oxygens (including phenoxy) is 1. The molecule has 1 N–H and O–H groups in total. The van der Waals surface area contributed by atoms with Gasteiger partial charge >= 0.3 is 0 Å². The highest BCUT2D eigenvalue weighted by Crippen LogP contribution is 2.28. The molecule has 0 aliphatic rings. The van der Waals surface area contributed by atoms with Gasteiger partial charge in [-0.25, -0.2) is 8.42 Å². The molecule has 0 heterocycles. The van der Waals surface area contributed by atoms with Crippen LogP contribution in [-0.2, 0) is 10.0 Å². The van der Waals surface area contributed by atoms with Gasteiger partial charge in [-0.1, -0.05) is 48.5 Å². The number of benzene rings is 3. The Labute approximate surface area is 152 Å². The minimum absolute atomic E-state index is 0.0600. The second kappa shape index (κ2) is 7.72. The smallest absolute Gasteiger partial charge is 0.262 e. The molecule has 0 spiro atoms. The summed E-state index contributed by atoms with van der Waals surface area (Å²) in [4.78, 5) is 0.205. The molecule has 0 radical (unpaired) electrons. The number of sulfonamides is 1. The molecule has 0 aliphatic carbocycles. The molecule has 0 fully saturated rings. The second-order valence-corrected chi connectivity index (χ2v) is 7.09. The topological polar surface area (TPSA) is 79.2 Å². The fraction of sp³-hybridized carbons (Fsp3) is 0.0500. The predicted octanol–water partition coefficient (Wildman–Crippen LogP) is 4.06. The molecule has 26 heavy (non-hydrogen) atoms. The molecule has 5 nitrogen and oxygen atoms in total. The van der Waals surface area contributed by atoms with Crippen molar-refractivity contribution >= 4 is 15.7 Å². The Kier molecular flexibility index (Phi) is 5.20. The first-order chi connectivity index (χ1) is 12.6. The van der Waals surface area contributed by atoms with E-state index in [1.807, 2.05) is 42.5 Å². The van der Waals surface area contributed by atoms with Crippen molar-refractivity contribution in [1.29, 1.82) is 5.26 Å². The summed E-state index contributed by atoms with van der Waals surface area (Å²) >= 11 is 0. The Morgan fingerprint density at radius 3 is 2.23 bits per heavy atom. The summed E-state index contributed by atoms with van der Waals surface area (Å²) in [6.45, 7) is -0.0600. The Morgan fingerprint density at radius 2 is 1.54 bits per heavy atom. The minimum Gasteiger partial charge on any atom is -0.479 e. The van der Waals surface area contributed by atoms with E-state index < -0.39 is 10.0 Å². The van der Waals surface area contributed by atoms with Crippen LogP contribution in [0.3, 0.4) is 0 Å². The number of hydrogen-bond acceptors (Lipinski definition) is 4. The molecule has 3 aromatic rings.